The number of rotatable bonds is 6. The van der Waals surface area contributed by atoms with E-state index >= 15 is 0 Å². The molecule has 4 rings (SSSR count). The Morgan fingerprint density at radius 3 is 2.59 bits per heavy atom. The van der Waals surface area contributed by atoms with Crippen molar-refractivity contribution in [2.24, 2.45) is 5.92 Å². The van der Waals surface area contributed by atoms with E-state index in [0.717, 1.165) is 55.3 Å². The molecular weight excluding hydrogens is 340 g/mol. The number of amides is 1. The molecule has 0 radical (unpaired) electrons. The molecule has 1 saturated heterocycles. The molecule has 2 heterocycles. The third-order valence-corrected chi connectivity index (χ3v) is 5.37. The van der Waals surface area contributed by atoms with E-state index in [1.54, 1.807) is 0 Å². The molecule has 1 N–H and O–H groups in total. The summed E-state index contributed by atoms with van der Waals surface area (Å²) < 4.78 is 10.7. The molecule has 5 heteroatoms. The molecule has 5 nitrogen and oxygen atoms in total. The molecule has 2 aromatic rings. The van der Waals surface area contributed by atoms with Crippen LogP contribution in [0.1, 0.15) is 24.0 Å². The molecule has 27 heavy (non-hydrogen) atoms. The second-order valence-electron chi connectivity index (χ2n) is 7.37. The van der Waals surface area contributed by atoms with Gasteiger partial charge in [0.2, 0.25) is 12.7 Å². The van der Waals surface area contributed by atoms with Crippen LogP contribution in [0.25, 0.3) is 0 Å². The van der Waals surface area contributed by atoms with Gasteiger partial charge in [0.1, 0.15) is 0 Å². The van der Waals surface area contributed by atoms with E-state index in [0.29, 0.717) is 13.1 Å². The summed E-state index contributed by atoms with van der Waals surface area (Å²) in [6.45, 7) is 3.25. The van der Waals surface area contributed by atoms with E-state index in [2.05, 4.69) is 40.5 Å². The molecule has 2 aliphatic rings. The topological polar surface area (TPSA) is 50.8 Å². The fraction of sp³-hybridized carbons (Fsp3) is 0.409. The van der Waals surface area contributed by atoms with Crippen LogP contribution < -0.4 is 14.8 Å². The molecule has 0 spiro atoms. The van der Waals surface area contributed by atoms with Crippen molar-refractivity contribution in [3.63, 3.8) is 0 Å². The minimum absolute atomic E-state index is 0.0779. The minimum Gasteiger partial charge on any atom is -0.454 e. The monoisotopic (exact) mass is 366 g/mol. The van der Waals surface area contributed by atoms with E-state index < -0.39 is 0 Å². The summed E-state index contributed by atoms with van der Waals surface area (Å²) in [4.78, 5) is 14.5. The van der Waals surface area contributed by atoms with Gasteiger partial charge in [-0.2, -0.15) is 0 Å². The maximum Gasteiger partial charge on any atom is 0.234 e. The van der Waals surface area contributed by atoms with Gasteiger partial charge >= 0.3 is 0 Å². The number of nitrogens with zero attached hydrogens (tertiary/aromatic N) is 1. The van der Waals surface area contributed by atoms with Gasteiger partial charge in [0.05, 0.1) is 6.54 Å². The predicted molar refractivity (Wildman–Crippen MR) is 104 cm³/mol. The SMILES string of the molecule is O=C(CN1CCC(Cc2ccccc2)CC1)NCc1ccc2c(c1)OCO2. The normalized spacial score (nSPS) is 17.0. The molecule has 0 unspecified atom stereocenters. The number of nitrogens with one attached hydrogen (secondary N) is 1. The zero-order valence-electron chi connectivity index (χ0n) is 15.5. The van der Waals surface area contributed by atoms with Crippen molar-refractivity contribution in [2.45, 2.75) is 25.8 Å². The van der Waals surface area contributed by atoms with Crippen LogP contribution in [0.15, 0.2) is 48.5 Å². The fourth-order valence-corrected chi connectivity index (χ4v) is 3.81. The number of likely N-dealkylation sites (tertiary alicyclic amines) is 1. The molecule has 1 fully saturated rings. The third kappa shape index (κ3) is 4.80. The van der Waals surface area contributed by atoms with E-state index in [9.17, 15) is 4.79 Å². The minimum atomic E-state index is 0.0779. The van der Waals surface area contributed by atoms with Crippen LogP contribution in [0.4, 0.5) is 0 Å². The highest BCUT2D eigenvalue weighted by molar-refractivity contribution is 5.78. The highest BCUT2D eigenvalue weighted by Crippen LogP contribution is 2.32. The zero-order chi connectivity index (χ0) is 18.5. The maximum absolute atomic E-state index is 12.3. The first kappa shape index (κ1) is 17.9. The summed E-state index contributed by atoms with van der Waals surface area (Å²) in [7, 11) is 0. The Hall–Kier alpha value is -2.53. The summed E-state index contributed by atoms with van der Waals surface area (Å²) in [6, 6.07) is 16.5. The molecule has 2 aliphatic heterocycles. The fourth-order valence-electron chi connectivity index (χ4n) is 3.81. The van der Waals surface area contributed by atoms with Crippen molar-refractivity contribution >= 4 is 5.91 Å². The Balaban J connectivity index is 1.18. The van der Waals surface area contributed by atoms with E-state index in [1.165, 1.54) is 5.56 Å². The van der Waals surface area contributed by atoms with Crippen LogP contribution in [-0.4, -0.2) is 37.2 Å². The van der Waals surface area contributed by atoms with Crippen molar-refractivity contribution in [3.8, 4) is 11.5 Å². The Labute approximate surface area is 160 Å². The van der Waals surface area contributed by atoms with Gasteiger partial charge in [0, 0.05) is 6.54 Å². The number of hydrogen-bond acceptors (Lipinski definition) is 4. The van der Waals surface area contributed by atoms with Crippen LogP contribution in [0.2, 0.25) is 0 Å². The van der Waals surface area contributed by atoms with Gasteiger partial charge in [0.25, 0.3) is 0 Å². The zero-order valence-corrected chi connectivity index (χ0v) is 15.5. The third-order valence-electron chi connectivity index (χ3n) is 5.37. The highest BCUT2D eigenvalue weighted by atomic mass is 16.7. The average molecular weight is 366 g/mol. The van der Waals surface area contributed by atoms with Crippen molar-refractivity contribution in [2.75, 3.05) is 26.4 Å². The van der Waals surface area contributed by atoms with Crippen LogP contribution in [0.5, 0.6) is 11.5 Å². The highest BCUT2D eigenvalue weighted by Gasteiger charge is 2.21. The standard InChI is InChI=1S/C22H26N2O3/c25-22(23-14-19-6-7-20-21(13-19)27-16-26-20)15-24-10-8-18(9-11-24)12-17-4-2-1-3-5-17/h1-7,13,18H,8-12,14-16H2,(H,23,25). The number of piperidine rings is 1. The molecule has 0 atom stereocenters. The Bertz CT molecular complexity index is 770. The number of ether oxygens (including phenoxy) is 2. The lowest BCUT2D eigenvalue weighted by Crippen LogP contribution is -2.41. The number of benzene rings is 2. The summed E-state index contributed by atoms with van der Waals surface area (Å²) in [5.74, 6) is 2.32. The van der Waals surface area contributed by atoms with Crippen LogP contribution in [0.3, 0.4) is 0 Å². The molecule has 2 aromatic carbocycles. The first-order valence-corrected chi connectivity index (χ1v) is 9.68. The van der Waals surface area contributed by atoms with Gasteiger partial charge in [0.15, 0.2) is 11.5 Å². The van der Waals surface area contributed by atoms with Crippen molar-refractivity contribution < 1.29 is 14.3 Å². The van der Waals surface area contributed by atoms with E-state index in [1.807, 2.05) is 18.2 Å². The van der Waals surface area contributed by atoms with Gasteiger partial charge in [-0.15, -0.1) is 0 Å². The molecule has 0 aliphatic carbocycles. The van der Waals surface area contributed by atoms with Gasteiger partial charge in [-0.1, -0.05) is 36.4 Å². The van der Waals surface area contributed by atoms with Crippen molar-refractivity contribution in [1.29, 1.82) is 0 Å². The molecule has 1 amide bonds. The summed E-state index contributed by atoms with van der Waals surface area (Å²) in [6.07, 6.45) is 3.46. The first-order valence-electron chi connectivity index (χ1n) is 9.68. The maximum atomic E-state index is 12.3. The van der Waals surface area contributed by atoms with Gasteiger partial charge in [-0.25, -0.2) is 0 Å². The molecule has 0 saturated carbocycles. The van der Waals surface area contributed by atoms with Crippen molar-refractivity contribution in [3.05, 3.63) is 59.7 Å². The largest absolute Gasteiger partial charge is 0.454 e. The van der Waals surface area contributed by atoms with Crippen LogP contribution in [-0.2, 0) is 17.8 Å². The van der Waals surface area contributed by atoms with E-state index in [-0.39, 0.29) is 12.7 Å². The number of carbonyl (C=O) groups excluding carboxylic acids is 1. The lowest BCUT2D eigenvalue weighted by molar-refractivity contribution is -0.122. The quantitative estimate of drug-likeness (QED) is 0.854. The number of fused-ring (bicyclic) bond motifs is 1. The summed E-state index contributed by atoms with van der Waals surface area (Å²) in [5, 5.41) is 3.01. The Morgan fingerprint density at radius 1 is 1.00 bits per heavy atom. The lowest BCUT2D eigenvalue weighted by Gasteiger charge is -2.31. The smallest absolute Gasteiger partial charge is 0.234 e. The number of carbonyl (C=O) groups is 1. The Kier molecular flexibility index (Phi) is 5.58. The summed E-state index contributed by atoms with van der Waals surface area (Å²) in [5.41, 5.74) is 2.44. The average Bonchev–Trinajstić information content (AvgIpc) is 3.17. The van der Waals surface area contributed by atoms with Gasteiger partial charge in [-0.3, -0.25) is 9.69 Å². The molecule has 0 aromatic heterocycles. The number of hydrogen-bond donors (Lipinski definition) is 1. The first-order chi connectivity index (χ1) is 13.3. The predicted octanol–water partition coefficient (Wildman–Crippen LogP) is 2.99. The van der Waals surface area contributed by atoms with Crippen LogP contribution in [0, 0.1) is 5.92 Å². The molecule has 0 bridgehead atoms. The second kappa shape index (κ2) is 8.44. The summed E-state index contributed by atoms with van der Waals surface area (Å²) >= 11 is 0. The van der Waals surface area contributed by atoms with E-state index in [4.69, 9.17) is 9.47 Å². The molecular formula is C22H26N2O3. The molecule has 142 valence electrons. The van der Waals surface area contributed by atoms with Crippen LogP contribution >= 0.6 is 0 Å². The van der Waals surface area contributed by atoms with Crippen molar-refractivity contribution in [1.82, 2.24) is 10.2 Å². The lowest BCUT2D eigenvalue weighted by atomic mass is 9.90. The Morgan fingerprint density at radius 2 is 1.78 bits per heavy atom. The second-order valence-corrected chi connectivity index (χ2v) is 7.37. The van der Waals surface area contributed by atoms with Gasteiger partial charge < -0.3 is 14.8 Å². The van der Waals surface area contributed by atoms with Gasteiger partial charge in [-0.05, 0) is 61.5 Å².